The van der Waals surface area contributed by atoms with Crippen LogP contribution in [0.15, 0.2) is 12.2 Å². The van der Waals surface area contributed by atoms with E-state index in [0.717, 1.165) is 6.42 Å². The monoisotopic (exact) mass is 381 g/mol. The third kappa shape index (κ3) is 6.78. The van der Waals surface area contributed by atoms with Crippen LogP contribution < -0.4 is 0 Å². The molecule has 0 amide bonds. The third-order valence-corrected chi connectivity index (χ3v) is 6.04. The number of hydrogen-bond donors (Lipinski definition) is 0. The molecular weight excluding hydrogens is 354 g/mol. The summed E-state index contributed by atoms with van der Waals surface area (Å²) in [6, 6.07) is 0. The Bertz CT molecular complexity index is 446. The Morgan fingerprint density at radius 2 is 1.29 bits per heavy atom. The first kappa shape index (κ1) is 23.3. The number of rotatable bonds is 1. The average molecular weight is 383 g/mol. The van der Waals surface area contributed by atoms with Crippen LogP contribution in [0.25, 0.3) is 15.9 Å². The predicted molar refractivity (Wildman–Crippen MR) is 95.2 cm³/mol. The number of hydrogen-bond acceptors (Lipinski definition) is 0. The van der Waals surface area contributed by atoms with Gasteiger partial charge in [-0.1, -0.05) is 0 Å². The van der Waals surface area contributed by atoms with Gasteiger partial charge in [-0.05, 0) is 49.4 Å². The van der Waals surface area contributed by atoms with Gasteiger partial charge in [0.1, 0.15) is 0 Å². The first-order valence-electron chi connectivity index (χ1n) is 6.84. The van der Waals surface area contributed by atoms with Crippen molar-refractivity contribution in [3.8, 4) is 0 Å². The first-order valence-corrected chi connectivity index (χ1v) is 8.19. The van der Waals surface area contributed by atoms with Crippen LogP contribution in [0.5, 0.6) is 0 Å². The minimum absolute atomic E-state index is 0. The molecule has 0 aromatic carbocycles. The summed E-state index contributed by atoms with van der Waals surface area (Å²) < 4.78 is 0. The molecule has 2 nitrogen and oxygen atoms in total. The summed E-state index contributed by atoms with van der Waals surface area (Å²) in [5, 5.41) is 11.6. The third-order valence-electron chi connectivity index (χ3n) is 3.24. The maximum Gasteiger partial charge on any atom is 3.00 e. The van der Waals surface area contributed by atoms with Crippen LogP contribution in [0.3, 0.4) is 0 Å². The van der Waals surface area contributed by atoms with Crippen LogP contribution in [0, 0.1) is 33.8 Å². The Morgan fingerprint density at radius 3 is 1.57 bits per heavy atom. The van der Waals surface area contributed by atoms with Gasteiger partial charge >= 0.3 is 26.2 Å². The van der Waals surface area contributed by atoms with Gasteiger partial charge in [0.05, 0.1) is 0 Å². The summed E-state index contributed by atoms with van der Waals surface area (Å²) in [6.07, 6.45) is 8.94. The van der Waals surface area contributed by atoms with Crippen molar-refractivity contribution in [3.63, 3.8) is 0 Å². The molecule has 4 heteroatoms. The van der Waals surface area contributed by atoms with Gasteiger partial charge in [0.25, 0.3) is 0 Å². The molecule has 1 aliphatic carbocycles. The summed E-state index contributed by atoms with van der Waals surface area (Å²) in [7, 11) is 6.83. The van der Waals surface area contributed by atoms with E-state index in [-0.39, 0.29) is 33.7 Å². The second kappa shape index (κ2) is 12.6. The zero-order valence-corrected chi connectivity index (χ0v) is 18.1. The normalized spacial score (nSPS) is 11.7. The maximum absolute atomic E-state index is 3.50. The van der Waals surface area contributed by atoms with Crippen LogP contribution >= 0.6 is 7.53 Å². The van der Waals surface area contributed by atoms with E-state index in [1.807, 2.05) is 0 Å². The molecule has 0 bridgehead atoms. The van der Waals surface area contributed by atoms with E-state index in [1.54, 1.807) is 38.8 Å². The molecule has 0 atom stereocenters. The van der Waals surface area contributed by atoms with Crippen LogP contribution in [0.2, 0.25) is 0 Å². The van der Waals surface area contributed by atoms with Gasteiger partial charge in [0.2, 0.25) is 0 Å². The van der Waals surface area contributed by atoms with E-state index < -0.39 is 0 Å². The second-order valence-electron chi connectivity index (χ2n) is 4.82. The molecule has 0 aliphatic heterocycles. The van der Waals surface area contributed by atoms with Gasteiger partial charge in [-0.25, -0.2) is 6.08 Å². The molecule has 0 fully saturated rings. The molecule has 115 valence electrons. The quantitative estimate of drug-likeness (QED) is 0.553. The summed E-state index contributed by atoms with van der Waals surface area (Å²) in [6.45, 7) is 9.05. The Kier molecular flexibility index (Phi) is 14.0. The number of nitrogens with zero attached hydrogens (tertiary/aromatic N) is 2. The van der Waals surface area contributed by atoms with E-state index >= 15 is 0 Å². The zero-order valence-electron chi connectivity index (χ0n) is 14.7. The van der Waals surface area contributed by atoms with Crippen molar-refractivity contribution in [1.82, 2.24) is 0 Å². The molecular formula is C17H28N2PZr. The fourth-order valence-electron chi connectivity index (χ4n) is 2.04. The molecule has 1 radical (unpaired) electrons. The van der Waals surface area contributed by atoms with Gasteiger partial charge in [-0.3, -0.25) is 6.08 Å². The Labute approximate surface area is 151 Å². The van der Waals surface area contributed by atoms with E-state index in [4.69, 9.17) is 0 Å². The summed E-state index contributed by atoms with van der Waals surface area (Å²) in [5.74, 6) is 0. The average Bonchev–Trinajstić information content (AvgIpc) is 2.97. The fraction of sp³-hybridized carbons (Fsp3) is 0.529. The second-order valence-corrected chi connectivity index (χ2v) is 7.31. The van der Waals surface area contributed by atoms with Crippen molar-refractivity contribution in [2.75, 3.05) is 28.2 Å². The van der Waals surface area contributed by atoms with Gasteiger partial charge in [-0.15, -0.1) is 14.0 Å². The molecule has 0 saturated heterocycles. The van der Waals surface area contributed by atoms with Gasteiger partial charge in [0.15, 0.2) is 0 Å². The number of allylic oxidation sites excluding steroid dienone is 4. The summed E-state index contributed by atoms with van der Waals surface area (Å²) >= 11 is 0. The summed E-state index contributed by atoms with van der Waals surface area (Å²) in [5.41, 5.74) is 3.01. The first-order chi connectivity index (χ1) is 9.45. The minimum Gasteiger partial charge on any atom is -0.668 e. The van der Waals surface area contributed by atoms with Crippen LogP contribution in [0.1, 0.15) is 28.1 Å². The van der Waals surface area contributed by atoms with Crippen LogP contribution in [0.4, 0.5) is 0 Å². The SMILES string of the molecule is C[N-]C.C[N-]C.Cc1c(C)c(C)p(C2=[C-]CC=C2)c1C.[Zr+3]. The topological polar surface area (TPSA) is 28.2 Å². The molecule has 0 saturated carbocycles. The van der Waals surface area contributed by atoms with E-state index in [1.165, 1.54) is 16.4 Å². The van der Waals surface area contributed by atoms with Crippen molar-refractivity contribution in [1.29, 1.82) is 0 Å². The smallest absolute Gasteiger partial charge is 0.668 e. The molecule has 2 rings (SSSR count). The molecule has 21 heavy (non-hydrogen) atoms. The van der Waals surface area contributed by atoms with Crippen molar-refractivity contribution in [3.05, 3.63) is 50.6 Å². The molecule has 0 spiro atoms. The Hall–Kier alpha value is 0.0631. The molecule has 0 N–H and O–H groups in total. The van der Waals surface area contributed by atoms with Gasteiger partial charge in [-0.2, -0.15) is 39.6 Å². The molecule has 1 aliphatic rings. The van der Waals surface area contributed by atoms with Crippen molar-refractivity contribution < 1.29 is 26.2 Å². The Balaban J connectivity index is 0. The molecule has 1 aromatic heterocycles. The minimum atomic E-state index is -0.169. The van der Waals surface area contributed by atoms with Crippen molar-refractivity contribution >= 4 is 12.8 Å². The van der Waals surface area contributed by atoms with Crippen LogP contribution in [-0.4, -0.2) is 28.2 Å². The molecule has 1 heterocycles. The zero-order chi connectivity index (χ0) is 15.7. The van der Waals surface area contributed by atoms with Crippen LogP contribution in [-0.2, 0) is 26.2 Å². The van der Waals surface area contributed by atoms with E-state index in [2.05, 4.69) is 56.6 Å². The standard InChI is InChI=1S/C13H16P.2C2H6N.Zr/c1-9-10(2)12(4)14(11(9)3)13-7-5-6-8-13;2*1-3-2;/h5,7H,6H2,1-4H3;2*1-2H3;/q3*-1;+3. The van der Waals surface area contributed by atoms with Crippen molar-refractivity contribution in [2.24, 2.45) is 0 Å². The molecule has 0 unspecified atom stereocenters. The van der Waals surface area contributed by atoms with Crippen molar-refractivity contribution in [2.45, 2.75) is 34.1 Å². The maximum atomic E-state index is 3.50. The fourth-order valence-corrected chi connectivity index (χ4v) is 4.77. The molecule has 1 aromatic rings. The van der Waals surface area contributed by atoms with E-state index in [9.17, 15) is 0 Å². The largest absolute Gasteiger partial charge is 3.00 e. The summed E-state index contributed by atoms with van der Waals surface area (Å²) in [4.78, 5) is 0. The predicted octanol–water partition coefficient (Wildman–Crippen LogP) is 5.75. The van der Waals surface area contributed by atoms with E-state index in [0.29, 0.717) is 0 Å². The Morgan fingerprint density at radius 1 is 0.905 bits per heavy atom. The van der Waals surface area contributed by atoms with Gasteiger partial charge in [0, 0.05) is 0 Å². The van der Waals surface area contributed by atoms with Gasteiger partial charge < -0.3 is 10.6 Å².